The summed E-state index contributed by atoms with van der Waals surface area (Å²) in [5.74, 6) is 1.24. The maximum absolute atomic E-state index is 12.1. The summed E-state index contributed by atoms with van der Waals surface area (Å²) in [6, 6.07) is 1.87. The molecule has 0 spiro atoms. The Morgan fingerprint density at radius 3 is 2.67 bits per heavy atom. The van der Waals surface area contributed by atoms with Gasteiger partial charge in [-0.05, 0) is 12.8 Å². The number of nitrogens with zero attached hydrogens (tertiary/aromatic N) is 3. The van der Waals surface area contributed by atoms with E-state index in [1.165, 1.54) is 0 Å². The van der Waals surface area contributed by atoms with Crippen LogP contribution >= 0.6 is 0 Å². The van der Waals surface area contributed by atoms with Crippen molar-refractivity contribution in [2.24, 2.45) is 5.92 Å². The molecule has 1 unspecified atom stereocenters. The molecule has 1 aliphatic heterocycles. The van der Waals surface area contributed by atoms with Crippen LogP contribution < -0.4 is 9.64 Å². The minimum absolute atomic E-state index is 0.155. The van der Waals surface area contributed by atoms with Gasteiger partial charge in [-0.1, -0.05) is 20.8 Å². The number of carbonyl (C=O) groups is 1. The zero-order chi connectivity index (χ0) is 15.6. The molecule has 0 bridgehead atoms. The first kappa shape index (κ1) is 15.4. The van der Waals surface area contributed by atoms with Crippen molar-refractivity contribution < 1.29 is 9.53 Å². The number of pyridine rings is 1. The maximum atomic E-state index is 12.1. The van der Waals surface area contributed by atoms with Crippen LogP contribution in [-0.2, 0) is 4.79 Å². The average Bonchev–Trinajstić information content (AvgIpc) is 3.02. The highest BCUT2D eigenvalue weighted by atomic mass is 16.5. The zero-order valence-electron chi connectivity index (χ0n) is 13.4. The van der Waals surface area contributed by atoms with Crippen LogP contribution in [0.3, 0.4) is 0 Å². The Labute approximate surface area is 125 Å². The maximum Gasteiger partial charge on any atom is 0.227 e. The molecule has 5 nitrogen and oxygen atoms in total. The number of amides is 1. The van der Waals surface area contributed by atoms with Crippen molar-refractivity contribution in [1.82, 2.24) is 9.38 Å². The summed E-state index contributed by atoms with van der Waals surface area (Å²) in [4.78, 5) is 18.2. The predicted molar refractivity (Wildman–Crippen MR) is 84.0 cm³/mol. The van der Waals surface area contributed by atoms with Crippen LogP contribution in [0.5, 0.6) is 5.75 Å². The number of rotatable bonds is 2. The van der Waals surface area contributed by atoms with Gasteiger partial charge in [0.15, 0.2) is 0 Å². The molecule has 2 aromatic rings. The number of anilines is 1. The summed E-state index contributed by atoms with van der Waals surface area (Å²) in [6.45, 7) is 8.82. The van der Waals surface area contributed by atoms with Gasteiger partial charge in [0, 0.05) is 37.1 Å². The van der Waals surface area contributed by atoms with Crippen molar-refractivity contribution in [3.8, 4) is 5.75 Å². The molecule has 1 saturated heterocycles. The first-order valence-electron chi connectivity index (χ1n) is 7.42. The molecule has 0 saturated carbocycles. The molecule has 1 atom stereocenters. The minimum atomic E-state index is 0.155. The molecular formula is C16H23N3O2. The van der Waals surface area contributed by atoms with Gasteiger partial charge >= 0.3 is 0 Å². The third-order valence-electron chi connectivity index (χ3n) is 3.60. The standard InChI is InChI=1S/C14H17N3O2.C2H6/c1-9-4-14(18)17(7-9)11-8-16-10(2)6-15-13(16)5-12(11)19-3;1-2/h5-6,8-9H,4,7H2,1-3H3;1-2H3. The van der Waals surface area contributed by atoms with Gasteiger partial charge in [0.2, 0.25) is 5.91 Å². The molecule has 0 aromatic carbocycles. The lowest BCUT2D eigenvalue weighted by atomic mass is 10.2. The van der Waals surface area contributed by atoms with E-state index >= 15 is 0 Å². The Kier molecular flexibility index (Phi) is 4.50. The molecule has 2 aromatic heterocycles. The number of fused-ring (bicyclic) bond motifs is 1. The number of hydrogen-bond donors (Lipinski definition) is 0. The van der Waals surface area contributed by atoms with Gasteiger partial charge in [0.1, 0.15) is 17.1 Å². The van der Waals surface area contributed by atoms with Crippen LogP contribution in [0.15, 0.2) is 18.5 Å². The van der Waals surface area contributed by atoms with E-state index < -0.39 is 0 Å². The topological polar surface area (TPSA) is 46.8 Å². The Bertz CT molecular complexity index is 648. The zero-order valence-corrected chi connectivity index (χ0v) is 13.4. The second-order valence-electron chi connectivity index (χ2n) is 5.17. The SMILES string of the molecule is CC.COc1cc2ncc(C)n2cc1N1CC(C)CC1=O. The number of ether oxygens (including phenoxy) is 1. The Morgan fingerprint density at radius 2 is 2.10 bits per heavy atom. The van der Waals surface area contributed by atoms with Crippen molar-refractivity contribution in [1.29, 1.82) is 0 Å². The molecule has 3 heterocycles. The van der Waals surface area contributed by atoms with Crippen molar-refractivity contribution in [3.05, 3.63) is 24.2 Å². The lowest BCUT2D eigenvalue weighted by molar-refractivity contribution is -0.117. The summed E-state index contributed by atoms with van der Waals surface area (Å²) >= 11 is 0. The Balaban J connectivity index is 0.000000774. The number of aryl methyl sites for hydroxylation is 1. The highest BCUT2D eigenvalue weighted by Gasteiger charge is 2.30. The second kappa shape index (κ2) is 6.16. The number of methoxy groups -OCH3 is 1. The van der Waals surface area contributed by atoms with Crippen LogP contribution in [0, 0.1) is 12.8 Å². The van der Waals surface area contributed by atoms with Crippen LogP contribution in [0.1, 0.15) is 32.9 Å². The third-order valence-corrected chi connectivity index (χ3v) is 3.60. The first-order chi connectivity index (χ1) is 10.1. The number of hydrogen-bond acceptors (Lipinski definition) is 3. The number of imidazole rings is 1. The smallest absolute Gasteiger partial charge is 0.227 e. The lowest BCUT2D eigenvalue weighted by Gasteiger charge is -2.19. The first-order valence-corrected chi connectivity index (χ1v) is 7.42. The van der Waals surface area contributed by atoms with Crippen LogP contribution in [-0.4, -0.2) is 28.9 Å². The van der Waals surface area contributed by atoms with Gasteiger partial charge in [0.05, 0.1) is 7.11 Å². The van der Waals surface area contributed by atoms with E-state index in [0.717, 1.165) is 23.6 Å². The average molecular weight is 289 g/mol. The van der Waals surface area contributed by atoms with E-state index in [9.17, 15) is 4.79 Å². The summed E-state index contributed by atoms with van der Waals surface area (Å²) in [5, 5.41) is 0. The summed E-state index contributed by atoms with van der Waals surface area (Å²) < 4.78 is 7.39. The second-order valence-corrected chi connectivity index (χ2v) is 5.17. The molecule has 1 fully saturated rings. The van der Waals surface area contributed by atoms with Gasteiger partial charge in [0.25, 0.3) is 0 Å². The molecule has 3 rings (SSSR count). The summed E-state index contributed by atoms with van der Waals surface area (Å²) in [6.07, 6.45) is 4.35. The van der Waals surface area contributed by atoms with Crippen molar-refractivity contribution >= 4 is 17.2 Å². The van der Waals surface area contributed by atoms with Gasteiger partial charge < -0.3 is 14.0 Å². The number of aromatic nitrogens is 2. The fraction of sp³-hybridized carbons (Fsp3) is 0.500. The van der Waals surface area contributed by atoms with Crippen LogP contribution in [0.4, 0.5) is 5.69 Å². The molecule has 5 heteroatoms. The quantitative estimate of drug-likeness (QED) is 0.853. The highest BCUT2D eigenvalue weighted by Crippen LogP contribution is 2.34. The lowest BCUT2D eigenvalue weighted by Crippen LogP contribution is -2.25. The van der Waals surface area contributed by atoms with E-state index in [4.69, 9.17) is 4.74 Å². The molecule has 21 heavy (non-hydrogen) atoms. The van der Waals surface area contributed by atoms with E-state index in [-0.39, 0.29) is 5.91 Å². The minimum Gasteiger partial charge on any atom is -0.494 e. The molecule has 1 aliphatic rings. The van der Waals surface area contributed by atoms with E-state index in [1.54, 1.807) is 7.11 Å². The monoisotopic (exact) mass is 289 g/mol. The largest absolute Gasteiger partial charge is 0.494 e. The van der Waals surface area contributed by atoms with Crippen LogP contribution in [0.25, 0.3) is 5.65 Å². The summed E-state index contributed by atoms with van der Waals surface area (Å²) in [5.41, 5.74) is 2.70. The van der Waals surface area contributed by atoms with Crippen molar-refractivity contribution in [2.45, 2.75) is 34.1 Å². The fourth-order valence-corrected chi connectivity index (χ4v) is 2.60. The van der Waals surface area contributed by atoms with Crippen molar-refractivity contribution in [2.75, 3.05) is 18.6 Å². The molecule has 0 radical (unpaired) electrons. The van der Waals surface area contributed by atoms with Crippen molar-refractivity contribution in [3.63, 3.8) is 0 Å². The van der Waals surface area contributed by atoms with Gasteiger partial charge in [-0.3, -0.25) is 4.79 Å². The van der Waals surface area contributed by atoms with E-state index in [0.29, 0.717) is 18.1 Å². The third kappa shape index (κ3) is 2.73. The normalized spacial score (nSPS) is 17.9. The van der Waals surface area contributed by atoms with E-state index in [1.807, 2.05) is 48.5 Å². The fourth-order valence-electron chi connectivity index (χ4n) is 2.60. The summed E-state index contributed by atoms with van der Waals surface area (Å²) in [7, 11) is 1.62. The highest BCUT2D eigenvalue weighted by molar-refractivity contribution is 5.97. The Morgan fingerprint density at radius 1 is 1.38 bits per heavy atom. The number of carbonyl (C=O) groups excluding carboxylic acids is 1. The molecule has 0 aliphatic carbocycles. The van der Waals surface area contributed by atoms with Crippen LogP contribution in [0.2, 0.25) is 0 Å². The molecule has 0 N–H and O–H groups in total. The van der Waals surface area contributed by atoms with Gasteiger partial charge in [-0.15, -0.1) is 0 Å². The molecular weight excluding hydrogens is 266 g/mol. The predicted octanol–water partition coefficient (Wildman–Crippen LogP) is 3.05. The van der Waals surface area contributed by atoms with E-state index in [2.05, 4.69) is 11.9 Å². The Hall–Kier alpha value is -2.04. The van der Waals surface area contributed by atoms with Gasteiger partial charge in [-0.25, -0.2) is 4.98 Å². The van der Waals surface area contributed by atoms with Gasteiger partial charge in [-0.2, -0.15) is 0 Å². The molecule has 114 valence electrons. The molecule has 1 amide bonds.